The molecule has 0 N–H and O–H groups in total. The molecule has 0 saturated carbocycles. The molecule has 0 bridgehead atoms. The summed E-state index contributed by atoms with van der Waals surface area (Å²) >= 11 is 1.62. The molecule has 0 radical (unpaired) electrons. The molecular formula is C19H21NO3S. The van der Waals surface area contributed by atoms with Crippen molar-refractivity contribution in [3.05, 3.63) is 40.3 Å². The zero-order chi connectivity index (χ0) is 16.7. The van der Waals surface area contributed by atoms with Gasteiger partial charge >= 0.3 is 0 Å². The Morgan fingerprint density at radius 3 is 2.92 bits per heavy atom. The van der Waals surface area contributed by atoms with Gasteiger partial charge in [0.2, 0.25) is 0 Å². The summed E-state index contributed by atoms with van der Waals surface area (Å²) in [6, 6.07) is 8.32. The fourth-order valence-electron chi connectivity index (χ4n) is 3.50. The standard InChI is InChI=1S/C19H21NO3S/c1-12-11-20(7-8-23-12)19(21)17-10-14-4-3-13-9-15(22-2)5-6-16(13)18(14)24-17/h5-6,9-10,12H,3-4,7-8,11H2,1-2H3/t12-/m0/s1. The van der Waals surface area contributed by atoms with Gasteiger partial charge in [0.05, 0.1) is 24.7 Å². The van der Waals surface area contributed by atoms with Crippen LogP contribution in [-0.2, 0) is 17.6 Å². The van der Waals surface area contributed by atoms with Crippen LogP contribution in [0.25, 0.3) is 10.4 Å². The van der Waals surface area contributed by atoms with Crippen molar-refractivity contribution in [3.63, 3.8) is 0 Å². The van der Waals surface area contributed by atoms with Crippen LogP contribution in [0.2, 0.25) is 0 Å². The highest BCUT2D eigenvalue weighted by atomic mass is 32.1. The van der Waals surface area contributed by atoms with Crippen molar-refractivity contribution in [3.8, 4) is 16.2 Å². The maximum atomic E-state index is 12.8. The highest BCUT2D eigenvalue weighted by molar-refractivity contribution is 7.17. The van der Waals surface area contributed by atoms with E-state index in [0.717, 1.165) is 23.5 Å². The van der Waals surface area contributed by atoms with E-state index in [1.807, 2.05) is 17.9 Å². The molecule has 1 aliphatic carbocycles. The minimum Gasteiger partial charge on any atom is -0.497 e. The second-order valence-corrected chi connectivity index (χ2v) is 7.47. The van der Waals surface area contributed by atoms with Crippen LogP contribution in [0.5, 0.6) is 5.75 Å². The molecule has 2 aromatic rings. The van der Waals surface area contributed by atoms with E-state index in [4.69, 9.17) is 9.47 Å². The summed E-state index contributed by atoms with van der Waals surface area (Å²) in [5.74, 6) is 1.03. The van der Waals surface area contributed by atoms with Gasteiger partial charge in [-0.2, -0.15) is 0 Å². The first-order chi connectivity index (χ1) is 11.7. The predicted molar refractivity (Wildman–Crippen MR) is 95.0 cm³/mol. The Balaban J connectivity index is 1.65. The van der Waals surface area contributed by atoms with Gasteiger partial charge in [-0.25, -0.2) is 0 Å². The van der Waals surface area contributed by atoms with Crippen molar-refractivity contribution >= 4 is 17.2 Å². The maximum absolute atomic E-state index is 12.8. The molecule has 1 aromatic heterocycles. The molecular weight excluding hydrogens is 322 g/mol. The zero-order valence-electron chi connectivity index (χ0n) is 14.0. The van der Waals surface area contributed by atoms with E-state index in [0.29, 0.717) is 19.7 Å². The van der Waals surface area contributed by atoms with Crippen molar-refractivity contribution < 1.29 is 14.3 Å². The first-order valence-corrected chi connectivity index (χ1v) is 9.18. The molecule has 24 heavy (non-hydrogen) atoms. The predicted octanol–water partition coefficient (Wildman–Crippen LogP) is 3.38. The number of benzene rings is 1. The number of methoxy groups -OCH3 is 1. The van der Waals surface area contributed by atoms with Gasteiger partial charge in [0.25, 0.3) is 5.91 Å². The van der Waals surface area contributed by atoms with Gasteiger partial charge in [0.15, 0.2) is 0 Å². The average molecular weight is 343 g/mol. The topological polar surface area (TPSA) is 38.8 Å². The number of fused-ring (bicyclic) bond motifs is 3. The molecule has 1 saturated heterocycles. The SMILES string of the molecule is COc1ccc2c(c1)CCc1cc(C(=O)N3CCO[C@@H](C)C3)sc1-2. The monoisotopic (exact) mass is 343 g/mol. The molecule has 4 nitrogen and oxygen atoms in total. The molecule has 1 aromatic carbocycles. The van der Waals surface area contributed by atoms with Gasteiger partial charge in [-0.15, -0.1) is 11.3 Å². The van der Waals surface area contributed by atoms with Crippen molar-refractivity contribution in [1.82, 2.24) is 4.90 Å². The summed E-state index contributed by atoms with van der Waals surface area (Å²) in [6.07, 6.45) is 2.10. The summed E-state index contributed by atoms with van der Waals surface area (Å²) in [6.45, 7) is 4.00. The van der Waals surface area contributed by atoms with Gasteiger partial charge < -0.3 is 14.4 Å². The molecule has 1 fully saturated rings. The van der Waals surface area contributed by atoms with Gasteiger partial charge in [0, 0.05) is 18.0 Å². The van der Waals surface area contributed by atoms with E-state index in [1.165, 1.54) is 21.6 Å². The van der Waals surface area contributed by atoms with Crippen molar-refractivity contribution in [2.24, 2.45) is 0 Å². The smallest absolute Gasteiger partial charge is 0.264 e. The van der Waals surface area contributed by atoms with Gasteiger partial charge in [-0.05, 0) is 60.7 Å². The van der Waals surface area contributed by atoms with E-state index in [2.05, 4.69) is 18.2 Å². The van der Waals surface area contributed by atoms with E-state index in [1.54, 1.807) is 18.4 Å². The molecule has 0 unspecified atom stereocenters. The number of hydrogen-bond donors (Lipinski definition) is 0. The van der Waals surface area contributed by atoms with Gasteiger partial charge in [-0.3, -0.25) is 4.79 Å². The highest BCUT2D eigenvalue weighted by Gasteiger charge is 2.27. The first kappa shape index (κ1) is 15.7. The maximum Gasteiger partial charge on any atom is 0.264 e. The second kappa shape index (κ2) is 6.22. The number of carbonyl (C=O) groups is 1. The molecule has 1 atom stereocenters. The molecule has 126 valence electrons. The molecule has 1 amide bonds. The largest absolute Gasteiger partial charge is 0.497 e. The molecule has 1 aliphatic heterocycles. The first-order valence-electron chi connectivity index (χ1n) is 8.36. The fraction of sp³-hybridized carbons (Fsp3) is 0.421. The third-order valence-electron chi connectivity index (χ3n) is 4.77. The lowest BCUT2D eigenvalue weighted by atomic mass is 9.91. The van der Waals surface area contributed by atoms with Crippen LogP contribution in [-0.4, -0.2) is 43.7 Å². The lowest BCUT2D eigenvalue weighted by molar-refractivity contribution is -0.0122. The van der Waals surface area contributed by atoms with Crippen LogP contribution in [0.1, 0.15) is 27.7 Å². The number of rotatable bonds is 2. The number of amides is 1. The third kappa shape index (κ3) is 2.72. The summed E-state index contributed by atoms with van der Waals surface area (Å²) in [7, 11) is 1.70. The van der Waals surface area contributed by atoms with Gasteiger partial charge in [-0.1, -0.05) is 0 Å². The Hall–Kier alpha value is -1.85. The average Bonchev–Trinajstić information content (AvgIpc) is 3.05. The van der Waals surface area contributed by atoms with Crippen LogP contribution < -0.4 is 4.74 Å². The summed E-state index contributed by atoms with van der Waals surface area (Å²) < 4.78 is 10.9. The van der Waals surface area contributed by atoms with Crippen LogP contribution in [0.4, 0.5) is 0 Å². The normalized spacial score (nSPS) is 19.6. The van der Waals surface area contributed by atoms with E-state index in [9.17, 15) is 4.79 Å². The van der Waals surface area contributed by atoms with Crippen molar-refractivity contribution in [2.45, 2.75) is 25.9 Å². The summed E-state index contributed by atoms with van der Waals surface area (Å²) in [5, 5.41) is 0. The van der Waals surface area contributed by atoms with Crippen molar-refractivity contribution in [1.29, 1.82) is 0 Å². The molecule has 0 spiro atoms. The molecule has 4 rings (SSSR count). The zero-order valence-corrected chi connectivity index (χ0v) is 14.8. The van der Waals surface area contributed by atoms with Crippen LogP contribution in [0.3, 0.4) is 0 Å². The minimum atomic E-state index is 0.116. The Morgan fingerprint density at radius 2 is 2.12 bits per heavy atom. The highest BCUT2D eigenvalue weighted by Crippen LogP contribution is 2.41. The number of nitrogens with zero attached hydrogens (tertiary/aromatic N) is 1. The molecule has 2 heterocycles. The van der Waals surface area contributed by atoms with Crippen LogP contribution >= 0.6 is 11.3 Å². The summed E-state index contributed by atoms with van der Waals surface area (Å²) in [4.78, 5) is 16.8. The number of ether oxygens (including phenoxy) is 2. The van der Waals surface area contributed by atoms with Crippen LogP contribution in [0.15, 0.2) is 24.3 Å². The lowest BCUT2D eigenvalue weighted by Crippen LogP contribution is -2.44. The quantitative estimate of drug-likeness (QED) is 0.839. The Bertz CT molecular complexity index is 783. The van der Waals surface area contributed by atoms with E-state index in [-0.39, 0.29) is 12.0 Å². The Kier molecular flexibility index (Phi) is 4.06. The molecule has 2 aliphatic rings. The van der Waals surface area contributed by atoms with Crippen LogP contribution in [0, 0.1) is 0 Å². The second-order valence-electron chi connectivity index (χ2n) is 6.42. The fourth-order valence-corrected chi connectivity index (χ4v) is 4.74. The van der Waals surface area contributed by atoms with E-state index >= 15 is 0 Å². The minimum absolute atomic E-state index is 0.116. The van der Waals surface area contributed by atoms with Crippen molar-refractivity contribution in [2.75, 3.05) is 26.8 Å². The van der Waals surface area contributed by atoms with Gasteiger partial charge in [0.1, 0.15) is 5.75 Å². The summed E-state index contributed by atoms with van der Waals surface area (Å²) in [5.41, 5.74) is 3.85. The number of morpholine rings is 1. The third-order valence-corrected chi connectivity index (χ3v) is 5.97. The number of hydrogen-bond acceptors (Lipinski definition) is 4. The lowest BCUT2D eigenvalue weighted by Gasteiger charge is -2.30. The number of thiophene rings is 1. The Labute approximate surface area is 146 Å². The number of carbonyl (C=O) groups excluding carboxylic acids is 1. The van der Waals surface area contributed by atoms with E-state index < -0.39 is 0 Å². The molecule has 5 heteroatoms. The number of aryl methyl sites for hydroxylation is 2. The Morgan fingerprint density at radius 1 is 1.29 bits per heavy atom.